The highest BCUT2D eigenvalue weighted by atomic mass is 16.5. The molecule has 0 aliphatic heterocycles. The van der Waals surface area contributed by atoms with E-state index in [4.69, 9.17) is 18.9 Å². The van der Waals surface area contributed by atoms with Gasteiger partial charge in [0.15, 0.2) is 0 Å². The van der Waals surface area contributed by atoms with Gasteiger partial charge in [-0.3, -0.25) is 0 Å². The first-order valence-electron chi connectivity index (χ1n) is 13.0. The number of ether oxygens (including phenoxy) is 4. The third kappa shape index (κ3) is 7.25. The smallest absolute Gasteiger partial charge is 0.338 e. The fourth-order valence-corrected chi connectivity index (χ4v) is 3.85. The van der Waals surface area contributed by atoms with Crippen molar-refractivity contribution in [1.82, 2.24) is 0 Å². The van der Waals surface area contributed by atoms with Crippen LogP contribution in [0.15, 0.2) is 72.8 Å². The molecule has 0 unspecified atom stereocenters. The third-order valence-corrected chi connectivity index (χ3v) is 5.81. The SMILES string of the molecule is CC(C)COC(=O)c1ccc2cc(OCCOc3ccc4cc(C(=O)OCC(C)C)ccc4c3)ccc2c1. The molecule has 4 rings (SSSR count). The summed E-state index contributed by atoms with van der Waals surface area (Å²) in [5.74, 6) is 1.43. The molecule has 6 nitrogen and oxygen atoms in total. The van der Waals surface area contributed by atoms with Crippen LogP contribution in [0, 0.1) is 11.8 Å². The molecule has 4 aromatic carbocycles. The third-order valence-electron chi connectivity index (χ3n) is 5.81. The summed E-state index contributed by atoms with van der Waals surface area (Å²) in [4.78, 5) is 24.5. The maximum absolute atomic E-state index is 12.2. The van der Waals surface area contributed by atoms with Crippen LogP contribution in [0.5, 0.6) is 11.5 Å². The number of hydrogen-bond acceptors (Lipinski definition) is 6. The van der Waals surface area contributed by atoms with Crippen LogP contribution in [0.2, 0.25) is 0 Å². The highest BCUT2D eigenvalue weighted by molar-refractivity contribution is 5.96. The summed E-state index contributed by atoms with van der Waals surface area (Å²) >= 11 is 0. The molecule has 0 aliphatic rings. The molecule has 0 aromatic heterocycles. The Bertz CT molecular complexity index is 1310. The van der Waals surface area contributed by atoms with Crippen LogP contribution >= 0.6 is 0 Å². The van der Waals surface area contributed by atoms with Gasteiger partial charge in [0.2, 0.25) is 0 Å². The van der Waals surface area contributed by atoms with E-state index in [1.165, 1.54) is 0 Å². The highest BCUT2D eigenvalue weighted by Crippen LogP contribution is 2.24. The van der Waals surface area contributed by atoms with Gasteiger partial charge < -0.3 is 18.9 Å². The maximum Gasteiger partial charge on any atom is 0.338 e. The molecule has 0 bridgehead atoms. The first kappa shape index (κ1) is 27.0. The predicted octanol–water partition coefficient (Wildman–Crippen LogP) is 7.08. The van der Waals surface area contributed by atoms with Crippen molar-refractivity contribution < 1.29 is 28.5 Å². The number of hydrogen-bond donors (Lipinski definition) is 0. The quantitative estimate of drug-likeness (QED) is 0.157. The van der Waals surface area contributed by atoms with Crippen LogP contribution in [0.3, 0.4) is 0 Å². The number of esters is 2. The van der Waals surface area contributed by atoms with Crippen molar-refractivity contribution in [3.63, 3.8) is 0 Å². The summed E-state index contributed by atoms with van der Waals surface area (Å²) in [5.41, 5.74) is 1.08. The van der Waals surface area contributed by atoms with Crippen LogP contribution in [0.4, 0.5) is 0 Å². The first-order valence-corrected chi connectivity index (χ1v) is 13.0. The lowest BCUT2D eigenvalue weighted by molar-refractivity contribution is 0.0451. The lowest BCUT2D eigenvalue weighted by Gasteiger charge is -2.11. The summed E-state index contributed by atoms with van der Waals surface area (Å²) in [5, 5.41) is 3.84. The minimum atomic E-state index is -0.309. The Kier molecular flexibility index (Phi) is 8.85. The predicted molar refractivity (Wildman–Crippen MR) is 149 cm³/mol. The minimum absolute atomic E-state index is 0.296. The second-order valence-corrected chi connectivity index (χ2v) is 10.1. The Hall–Kier alpha value is -4.06. The molecule has 0 fully saturated rings. The van der Waals surface area contributed by atoms with Gasteiger partial charge in [0.25, 0.3) is 0 Å². The van der Waals surface area contributed by atoms with E-state index in [1.54, 1.807) is 12.1 Å². The molecule has 0 saturated heterocycles. The van der Waals surface area contributed by atoms with E-state index in [2.05, 4.69) is 0 Å². The Labute approximate surface area is 223 Å². The molecular weight excluding hydrogens is 480 g/mol. The molecule has 4 aromatic rings. The number of carbonyl (C=O) groups excluding carboxylic acids is 2. The number of carbonyl (C=O) groups is 2. The topological polar surface area (TPSA) is 71.1 Å². The molecule has 0 saturated carbocycles. The van der Waals surface area contributed by atoms with Crippen LogP contribution < -0.4 is 9.47 Å². The van der Waals surface area contributed by atoms with Crippen molar-refractivity contribution in [3.05, 3.63) is 83.9 Å². The van der Waals surface area contributed by atoms with Crippen LogP contribution in [-0.2, 0) is 9.47 Å². The molecule has 198 valence electrons. The van der Waals surface area contributed by atoms with Crippen LogP contribution in [0.25, 0.3) is 21.5 Å². The lowest BCUT2D eigenvalue weighted by Crippen LogP contribution is -2.10. The van der Waals surface area contributed by atoms with Gasteiger partial charge in [0, 0.05) is 0 Å². The minimum Gasteiger partial charge on any atom is -0.490 e. The van der Waals surface area contributed by atoms with Crippen LogP contribution in [-0.4, -0.2) is 38.4 Å². The second-order valence-electron chi connectivity index (χ2n) is 10.1. The number of fused-ring (bicyclic) bond motifs is 2. The van der Waals surface area contributed by atoms with E-state index in [0.29, 0.717) is 49.4 Å². The molecule has 0 atom stereocenters. The van der Waals surface area contributed by atoms with Gasteiger partial charge in [-0.05, 0) is 81.9 Å². The Morgan fingerprint density at radius 3 is 1.32 bits per heavy atom. The molecule has 0 N–H and O–H groups in total. The average molecular weight is 515 g/mol. The van der Waals surface area contributed by atoms with Crippen molar-refractivity contribution in [1.29, 1.82) is 0 Å². The summed E-state index contributed by atoms with van der Waals surface area (Å²) in [6.45, 7) is 9.59. The Balaban J connectivity index is 1.30. The van der Waals surface area contributed by atoms with Gasteiger partial charge in [-0.1, -0.05) is 52.0 Å². The zero-order valence-corrected chi connectivity index (χ0v) is 22.4. The van der Waals surface area contributed by atoms with E-state index < -0.39 is 0 Å². The van der Waals surface area contributed by atoms with Crippen molar-refractivity contribution in [2.75, 3.05) is 26.4 Å². The van der Waals surface area contributed by atoms with Crippen molar-refractivity contribution in [2.24, 2.45) is 11.8 Å². The molecule has 0 radical (unpaired) electrons. The molecule has 0 aliphatic carbocycles. The van der Waals surface area contributed by atoms with E-state index in [-0.39, 0.29) is 11.9 Å². The summed E-state index contributed by atoms with van der Waals surface area (Å²) in [6, 6.07) is 22.5. The van der Waals surface area contributed by atoms with Gasteiger partial charge in [0.1, 0.15) is 24.7 Å². The van der Waals surface area contributed by atoms with Gasteiger partial charge >= 0.3 is 11.9 Å². The molecule has 0 spiro atoms. The van der Waals surface area contributed by atoms with Crippen molar-refractivity contribution in [3.8, 4) is 11.5 Å². The zero-order chi connectivity index (χ0) is 27.1. The van der Waals surface area contributed by atoms with E-state index in [9.17, 15) is 9.59 Å². The number of benzene rings is 4. The Morgan fingerprint density at radius 1 is 0.553 bits per heavy atom. The normalized spacial score (nSPS) is 11.2. The lowest BCUT2D eigenvalue weighted by atomic mass is 10.1. The van der Waals surface area contributed by atoms with Gasteiger partial charge in [-0.15, -0.1) is 0 Å². The van der Waals surface area contributed by atoms with Crippen molar-refractivity contribution >= 4 is 33.5 Å². The van der Waals surface area contributed by atoms with Crippen molar-refractivity contribution in [2.45, 2.75) is 27.7 Å². The largest absolute Gasteiger partial charge is 0.490 e. The zero-order valence-electron chi connectivity index (χ0n) is 22.4. The fourth-order valence-electron chi connectivity index (χ4n) is 3.85. The van der Waals surface area contributed by atoms with Gasteiger partial charge in [-0.25, -0.2) is 9.59 Å². The maximum atomic E-state index is 12.2. The summed E-state index contributed by atoms with van der Waals surface area (Å²) in [6.07, 6.45) is 0. The molecule has 6 heteroatoms. The standard InChI is InChI=1S/C32H34O6/c1-21(2)19-37-31(33)27-7-5-25-17-29(11-9-23(25)15-27)35-13-14-36-30-12-10-24-16-28(8-6-26(24)18-30)32(34)38-20-22(3)4/h5-12,15-18,21-22H,13-14,19-20H2,1-4H3. The summed E-state index contributed by atoms with van der Waals surface area (Å²) < 4.78 is 22.4. The molecule has 38 heavy (non-hydrogen) atoms. The van der Waals surface area contributed by atoms with Gasteiger partial charge in [-0.2, -0.15) is 0 Å². The monoisotopic (exact) mass is 514 g/mol. The summed E-state index contributed by atoms with van der Waals surface area (Å²) in [7, 11) is 0. The highest BCUT2D eigenvalue weighted by Gasteiger charge is 2.11. The van der Waals surface area contributed by atoms with E-state index in [1.807, 2.05) is 88.4 Å². The van der Waals surface area contributed by atoms with Gasteiger partial charge in [0.05, 0.1) is 24.3 Å². The molecule has 0 amide bonds. The van der Waals surface area contributed by atoms with Crippen LogP contribution in [0.1, 0.15) is 48.4 Å². The average Bonchev–Trinajstić information content (AvgIpc) is 2.91. The number of rotatable bonds is 11. The second kappa shape index (κ2) is 12.5. The molecule has 0 heterocycles. The first-order chi connectivity index (χ1) is 18.3. The Morgan fingerprint density at radius 2 is 0.921 bits per heavy atom. The van der Waals surface area contributed by atoms with E-state index in [0.717, 1.165) is 33.0 Å². The van der Waals surface area contributed by atoms with E-state index >= 15 is 0 Å². The fraction of sp³-hybridized carbons (Fsp3) is 0.312. The molecular formula is C32H34O6.